The van der Waals surface area contributed by atoms with Crippen molar-refractivity contribution in [1.29, 1.82) is 0 Å². The fourth-order valence-corrected chi connectivity index (χ4v) is 4.34. The lowest BCUT2D eigenvalue weighted by atomic mass is 9.97. The number of anilines is 1. The molecule has 1 unspecified atom stereocenters. The van der Waals surface area contributed by atoms with Crippen molar-refractivity contribution in [2.45, 2.75) is 33.2 Å². The van der Waals surface area contributed by atoms with E-state index in [1.54, 1.807) is 60.8 Å². The second-order valence-corrected chi connectivity index (χ2v) is 8.62. The molecule has 174 valence electrons. The Morgan fingerprint density at radius 3 is 2.53 bits per heavy atom. The molecule has 1 N–H and O–H groups in total. The summed E-state index contributed by atoms with van der Waals surface area (Å²) in [6, 6.07) is 14.6. The van der Waals surface area contributed by atoms with E-state index in [0.29, 0.717) is 34.3 Å². The topological polar surface area (TPSA) is 79.7 Å². The molecule has 34 heavy (non-hydrogen) atoms. The summed E-state index contributed by atoms with van der Waals surface area (Å²) < 4.78 is 5.72. The van der Waals surface area contributed by atoms with Gasteiger partial charge in [-0.25, -0.2) is 0 Å². The number of hydrogen-bond acceptors (Lipinski definition) is 5. The van der Waals surface area contributed by atoms with Gasteiger partial charge in [-0.15, -0.1) is 0 Å². The van der Waals surface area contributed by atoms with E-state index in [0.717, 1.165) is 17.5 Å². The van der Waals surface area contributed by atoms with Crippen LogP contribution in [0.2, 0.25) is 5.02 Å². The largest absolute Gasteiger partial charge is 0.507 e. The number of benzene rings is 2. The number of rotatable bonds is 6. The summed E-state index contributed by atoms with van der Waals surface area (Å²) in [4.78, 5) is 32.3. The van der Waals surface area contributed by atoms with E-state index in [4.69, 9.17) is 16.3 Å². The molecule has 2 heterocycles. The van der Waals surface area contributed by atoms with Crippen LogP contribution in [0.4, 0.5) is 5.69 Å². The SMILES string of the molecule is CCCOc1ccc(/C(O)=C2\C(=O)C(=O)N(c3ccc(Cl)cc3C)C2c2ccccn2)cc1C. The first-order valence-corrected chi connectivity index (χ1v) is 11.4. The van der Waals surface area contributed by atoms with E-state index < -0.39 is 17.7 Å². The highest BCUT2D eigenvalue weighted by Gasteiger charge is 2.48. The molecule has 0 saturated carbocycles. The molecular weight excluding hydrogens is 452 g/mol. The van der Waals surface area contributed by atoms with E-state index in [9.17, 15) is 14.7 Å². The third-order valence-electron chi connectivity index (χ3n) is 5.74. The molecule has 2 aromatic carbocycles. The van der Waals surface area contributed by atoms with Gasteiger partial charge in [-0.2, -0.15) is 0 Å². The molecular formula is C27H25ClN2O4. The average molecular weight is 477 g/mol. The van der Waals surface area contributed by atoms with Crippen LogP contribution >= 0.6 is 11.6 Å². The Labute approximate surface area is 203 Å². The molecule has 1 aliphatic heterocycles. The number of hydrogen-bond donors (Lipinski definition) is 1. The molecule has 0 bridgehead atoms. The molecule has 0 spiro atoms. The summed E-state index contributed by atoms with van der Waals surface area (Å²) in [6.45, 7) is 6.29. The number of amides is 1. The van der Waals surface area contributed by atoms with Crippen molar-refractivity contribution < 1.29 is 19.4 Å². The van der Waals surface area contributed by atoms with Crippen molar-refractivity contribution in [3.8, 4) is 5.75 Å². The van der Waals surface area contributed by atoms with E-state index in [1.807, 2.05) is 20.8 Å². The van der Waals surface area contributed by atoms with Crippen LogP contribution in [0.25, 0.3) is 5.76 Å². The standard InChI is InChI=1S/C27H25ClN2O4/c1-4-13-34-22-11-8-18(14-17(22)3)25(31)23-24(20-7-5-6-12-29-20)30(27(33)26(23)32)21-10-9-19(28)15-16(21)2/h5-12,14-15,24,31H,4,13H2,1-3H3/b25-23+. The second-order valence-electron chi connectivity index (χ2n) is 8.18. The van der Waals surface area contributed by atoms with Crippen LogP contribution in [0.3, 0.4) is 0 Å². The summed E-state index contributed by atoms with van der Waals surface area (Å²) >= 11 is 6.12. The van der Waals surface area contributed by atoms with Gasteiger partial charge in [-0.05, 0) is 79.9 Å². The quantitative estimate of drug-likeness (QED) is 0.277. The summed E-state index contributed by atoms with van der Waals surface area (Å²) in [7, 11) is 0. The minimum absolute atomic E-state index is 0.0142. The molecule has 6 nitrogen and oxygen atoms in total. The summed E-state index contributed by atoms with van der Waals surface area (Å²) in [5, 5.41) is 11.8. The Morgan fingerprint density at radius 2 is 1.88 bits per heavy atom. The number of Topliss-reactive ketones (excluding diaryl/α,β-unsaturated/α-hetero) is 1. The third-order valence-corrected chi connectivity index (χ3v) is 5.98. The van der Waals surface area contributed by atoms with Crippen molar-refractivity contribution in [2.75, 3.05) is 11.5 Å². The van der Waals surface area contributed by atoms with Gasteiger partial charge in [0.15, 0.2) is 0 Å². The van der Waals surface area contributed by atoms with Crippen molar-refractivity contribution in [3.05, 3.63) is 93.8 Å². The van der Waals surface area contributed by atoms with Crippen LogP contribution in [0.5, 0.6) is 5.75 Å². The maximum atomic E-state index is 13.3. The fraction of sp³-hybridized carbons (Fsp3) is 0.222. The zero-order valence-corrected chi connectivity index (χ0v) is 20.0. The molecule has 0 aliphatic carbocycles. The Hall–Kier alpha value is -3.64. The van der Waals surface area contributed by atoms with Crippen LogP contribution < -0.4 is 9.64 Å². The summed E-state index contributed by atoms with van der Waals surface area (Å²) in [5.41, 5.74) is 2.95. The predicted molar refractivity (Wildman–Crippen MR) is 132 cm³/mol. The lowest BCUT2D eigenvalue weighted by Crippen LogP contribution is -2.30. The number of carbonyl (C=O) groups excluding carboxylic acids is 2. The number of aryl methyl sites for hydroxylation is 2. The van der Waals surface area contributed by atoms with Gasteiger partial charge in [0, 0.05) is 22.5 Å². The molecule has 0 radical (unpaired) electrons. The monoisotopic (exact) mass is 476 g/mol. The van der Waals surface area contributed by atoms with E-state index in [1.165, 1.54) is 4.90 Å². The molecule has 1 fully saturated rings. The number of aromatic nitrogens is 1. The first kappa shape index (κ1) is 23.5. The first-order valence-electron chi connectivity index (χ1n) is 11.1. The number of carbonyl (C=O) groups is 2. The van der Waals surface area contributed by atoms with Crippen LogP contribution in [-0.4, -0.2) is 28.4 Å². The Kier molecular flexibility index (Phi) is 6.70. The Morgan fingerprint density at radius 1 is 1.09 bits per heavy atom. The molecule has 1 aromatic heterocycles. The van der Waals surface area contributed by atoms with Gasteiger partial charge in [0.1, 0.15) is 17.6 Å². The zero-order chi connectivity index (χ0) is 24.4. The van der Waals surface area contributed by atoms with Gasteiger partial charge < -0.3 is 9.84 Å². The van der Waals surface area contributed by atoms with Crippen molar-refractivity contribution in [2.24, 2.45) is 0 Å². The normalized spacial score (nSPS) is 17.3. The number of pyridine rings is 1. The number of ketones is 1. The highest BCUT2D eigenvalue weighted by atomic mass is 35.5. The highest BCUT2D eigenvalue weighted by Crippen LogP contribution is 2.43. The lowest BCUT2D eigenvalue weighted by molar-refractivity contribution is -0.132. The van der Waals surface area contributed by atoms with Crippen molar-refractivity contribution in [1.82, 2.24) is 4.98 Å². The van der Waals surface area contributed by atoms with E-state index >= 15 is 0 Å². The second kappa shape index (κ2) is 9.69. The number of halogens is 1. The molecule has 1 amide bonds. The van der Waals surface area contributed by atoms with Gasteiger partial charge in [0.25, 0.3) is 11.7 Å². The Bertz CT molecular complexity index is 1290. The molecule has 1 atom stereocenters. The van der Waals surface area contributed by atoms with E-state index in [2.05, 4.69) is 4.98 Å². The fourth-order valence-electron chi connectivity index (χ4n) is 4.11. The zero-order valence-electron chi connectivity index (χ0n) is 19.2. The molecule has 4 rings (SSSR count). The highest BCUT2D eigenvalue weighted by molar-refractivity contribution is 6.51. The number of aliphatic hydroxyl groups excluding tert-OH is 1. The van der Waals surface area contributed by atoms with Crippen molar-refractivity contribution >= 4 is 34.7 Å². The number of nitrogens with zero attached hydrogens (tertiary/aromatic N) is 2. The van der Waals surface area contributed by atoms with Gasteiger partial charge in [-0.3, -0.25) is 19.5 Å². The predicted octanol–water partition coefficient (Wildman–Crippen LogP) is 5.77. The molecule has 7 heteroatoms. The van der Waals surface area contributed by atoms with Crippen LogP contribution in [0.15, 0.2) is 66.4 Å². The minimum atomic E-state index is -0.891. The number of aliphatic hydroxyl groups is 1. The smallest absolute Gasteiger partial charge is 0.300 e. The van der Waals surface area contributed by atoms with Gasteiger partial charge >= 0.3 is 0 Å². The van der Waals surface area contributed by atoms with Gasteiger partial charge in [0.2, 0.25) is 0 Å². The average Bonchev–Trinajstić information content (AvgIpc) is 3.09. The minimum Gasteiger partial charge on any atom is -0.507 e. The molecule has 3 aromatic rings. The van der Waals surface area contributed by atoms with Crippen LogP contribution in [-0.2, 0) is 9.59 Å². The first-order chi connectivity index (χ1) is 16.3. The molecule has 1 saturated heterocycles. The Balaban J connectivity index is 1.88. The summed E-state index contributed by atoms with van der Waals surface area (Å²) in [5.74, 6) is -1.06. The number of ether oxygens (including phenoxy) is 1. The van der Waals surface area contributed by atoms with Gasteiger partial charge in [-0.1, -0.05) is 24.6 Å². The molecule has 1 aliphatic rings. The van der Waals surface area contributed by atoms with Crippen molar-refractivity contribution in [3.63, 3.8) is 0 Å². The third kappa shape index (κ3) is 4.29. The summed E-state index contributed by atoms with van der Waals surface area (Å²) in [6.07, 6.45) is 2.47. The maximum Gasteiger partial charge on any atom is 0.300 e. The van der Waals surface area contributed by atoms with E-state index in [-0.39, 0.29) is 11.3 Å². The maximum absolute atomic E-state index is 13.3. The van der Waals surface area contributed by atoms with Crippen LogP contribution in [0.1, 0.15) is 41.8 Å². The lowest BCUT2D eigenvalue weighted by Gasteiger charge is -2.26. The van der Waals surface area contributed by atoms with Crippen LogP contribution in [0, 0.1) is 13.8 Å². The van der Waals surface area contributed by atoms with Gasteiger partial charge in [0.05, 0.1) is 17.9 Å².